The van der Waals surface area contributed by atoms with E-state index in [9.17, 15) is 9.59 Å². The predicted octanol–water partition coefficient (Wildman–Crippen LogP) is 5.08. The van der Waals surface area contributed by atoms with Crippen molar-refractivity contribution in [2.75, 3.05) is 29.9 Å². The smallest absolute Gasteiger partial charge is 0.321 e. The van der Waals surface area contributed by atoms with Crippen LogP contribution in [0.5, 0.6) is 0 Å². The lowest BCUT2D eigenvalue weighted by Gasteiger charge is -2.30. The zero-order chi connectivity index (χ0) is 19.7. The van der Waals surface area contributed by atoms with Crippen LogP contribution >= 0.6 is 11.8 Å². The van der Waals surface area contributed by atoms with E-state index in [1.54, 1.807) is 16.7 Å². The van der Waals surface area contributed by atoms with Gasteiger partial charge in [0.25, 0.3) is 5.91 Å². The molecule has 0 saturated carbocycles. The van der Waals surface area contributed by atoms with E-state index in [1.165, 1.54) is 0 Å². The first-order chi connectivity index (χ1) is 13.6. The van der Waals surface area contributed by atoms with E-state index >= 15 is 0 Å². The molecular formula is C22H25N3O2S. The number of rotatable bonds is 2. The second-order valence-electron chi connectivity index (χ2n) is 7.43. The highest BCUT2D eigenvalue weighted by atomic mass is 32.2. The van der Waals surface area contributed by atoms with Crippen molar-refractivity contribution < 1.29 is 9.59 Å². The van der Waals surface area contributed by atoms with Gasteiger partial charge in [0.1, 0.15) is 0 Å². The van der Waals surface area contributed by atoms with Crippen molar-refractivity contribution in [3.8, 4) is 0 Å². The van der Waals surface area contributed by atoms with Crippen LogP contribution in [0.1, 0.15) is 37.0 Å². The summed E-state index contributed by atoms with van der Waals surface area (Å²) in [5.74, 6) is 0.678. The molecule has 146 valence electrons. The molecule has 2 heterocycles. The molecule has 0 spiro atoms. The van der Waals surface area contributed by atoms with Gasteiger partial charge < -0.3 is 15.1 Å². The minimum Gasteiger partial charge on any atom is -0.325 e. The first-order valence-corrected chi connectivity index (χ1v) is 10.7. The second-order valence-corrected chi connectivity index (χ2v) is 8.51. The number of fused-ring (bicyclic) bond motifs is 2. The van der Waals surface area contributed by atoms with Crippen LogP contribution in [0.3, 0.4) is 0 Å². The van der Waals surface area contributed by atoms with Crippen LogP contribution in [0.25, 0.3) is 0 Å². The van der Waals surface area contributed by atoms with Crippen molar-refractivity contribution in [2.24, 2.45) is 5.92 Å². The molecule has 0 bridgehead atoms. The highest BCUT2D eigenvalue weighted by Gasteiger charge is 2.27. The third-order valence-corrected chi connectivity index (χ3v) is 6.61. The number of carbonyl (C=O) groups excluding carboxylic acids is 2. The Hall–Kier alpha value is -2.47. The van der Waals surface area contributed by atoms with Gasteiger partial charge in [-0.2, -0.15) is 0 Å². The molecular weight excluding hydrogens is 370 g/mol. The summed E-state index contributed by atoms with van der Waals surface area (Å²) in [6, 6.07) is 13.5. The maximum absolute atomic E-state index is 13.1. The number of anilines is 2. The lowest BCUT2D eigenvalue weighted by molar-refractivity contribution is 0.0985. The zero-order valence-corrected chi connectivity index (χ0v) is 17.1. The third-order valence-electron chi connectivity index (χ3n) is 5.47. The Morgan fingerprint density at radius 2 is 1.89 bits per heavy atom. The normalized spacial score (nSPS) is 17.0. The molecule has 1 fully saturated rings. The lowest BCUT2D eigenvalue weighted by Crippen LogP contribution is -2.40. The fourth-order valence-corrected chi connectivity index (χ4v) is 4.78. The van der Waals surface area contributed by atoms with Crippen molar-refractivity contribution >= 4 is 35.1 Å². The van der Waals surface area contributed by atoms with Crippen molar-refractivity contribution in [3.63, 3.8) is 0 Å². The van der Waals surface area contributed by atoms with E-state index < -0.39 is 0 Å². The van der Waals surface area contributed by atoms with Gasteiger partial charge in [0.2, 0.25) is 0 Å². The fraction of sp³-hybridized carbons (Fsp3) is 0.364. The number of nitrogens with one attached hydrogen (secondary N) is 1. The third kappa shape index (κ3) is 3.61. The summed E-state index contributed by atoms with van der Waals surface area (Å²) in [5.41, 5.74) is 2.29. The molecule has 3 amide bonds. The number of piperidine rings is 1. The molecule has 0 aliphatic carbocycles. The molecule has 5 nitrogen and oxygen atoms in total. The van der Waals surface area contributed by atoms with Crippen LogP contribution in [0.4, 0.5) is 16.2 Å². The van der Waals surface area contributed by atoms with E-state index in [-0.39, 0.29) is 11.9 Å². The van der Waals surface area contributed by atoms with Gasteiger partial charge in [-0.05, 0) is 56.0 Å². The second kappa shape index (κ2) is 7.87. The molecule has 0 aromatic heterocycles. The van der Waals surface area contributed by atoms with Gasteiger partial charge >= 0.3 is 6.03 Å². The van der Waals surface area contributed by atoms with Gasteiger partial charge in [-0.25, -0.2) is 4.79 Å². The number of hydrogen-bond donors (Lipinski definition) is 1. The SMILES string of the molecule is CCN1C(=O)c2ccccc2Sc2ccc(NC(=O)N3CCC(C)CC3)cc21. The molecule has 4 rings (SSSR count). The molecule has 2 aromatic carbocycles. The highest BCUT2D eigenvalue weighted by molar-refractivity contribution is 7.99. The Labute approximate surface area is 170 Å². The van der Waals surface area contributed by atoms with Crippen molar-refractivity contribution in [1.29, 1.82) is 0 Å². The summed E-state index contributed by atoms with van der Waals surface area (Å²) in [6.07, 6.45) is 2.09. The largest absolute Gasteiger partial charge is 0.325 e. The summed E-state index contributed by atoms with van der Waals surface area (Å²) >= 11 is 1.60. The molecule has 2 aliphatic heterocycles. The summed E-state index contributed by atoms with van der Waals surface area (Å²) in [4.78, 5) is 31.3. The average Bonchev–Trinajstić information content (AvgIpc) is 2.82. The molecule has 1 N–H and O–H groups in total. The molecule has 0 atom stereocenters. The molecule has 1 saturated heterocycles. The average molecular weight is 396 g/mol. The summed E-state index contributed by atoms with van der Waals surface area (Å²) in [5, 5.41) is 3.02. The quantitative estimate of drug-likeness (QED) is 0.771. The predicted molar refractivity (Wildman–Crippen MR) is 113 cm³/mol. The maximum atomic E-state index is 13.1. The standard InChI is InChI=1S/C22H25N3O2S/c1-3-25-18-14-16(23-22(27)24-12-10-15(2)11-13-24)8-9-20(18)28-19-7-5-4-6-17(19)21(25)26/h4-9,14-15H,3,10-13H2,1-2H3,(H,23,27). The number of nitrogens with zero attached hydrogens (tertiary/aromatic N) is 2. The Balaban J connectivity index is 1.60. The van der Waals surface area contributed by atoms with Crippen molar-refractivity contribution in [1.82, 2.24) is 4.90 Å². The van der Waals surface area contributed by atoms with Crippen LogP contribution < -0.4 is 10.2 Å². The molecule has 6 heteroatoms. The van der Waals surface area contributed by atoms with Crippen LogP contribution in [0, 0.1) is 5.92 Å². The summed E-state index contributed by atoms with van der Waals surface area (Å²) in [6.45, 7) is 6.36. The molecule has 0 unspecified atom stereocenters. The van der Waals surface area contributed by atoms with Gasteiger partial charge in [-0.3, -0.25) is 4.79 Å². The molecule has 0 radical (unpaired) electrons. The van der Waals surface area contributed by atoms with Gasteiger partial charge in [0.15, 0.2) is 0 Å². The Bertz CT molecular complexity index is 906. The van der Waals surface area contributed by atoms with E-state index in [0.717, 1.165) is 52.7 Å². The first-order valence-electron chi connectivity index (χ1n) is 9.85. The van der Waals surface area contributed by atoms with Crippen LogP contribution in [-0.4, -0.2) is 36.5 Å². The fourth-order valence-electron chi connectivity index (χ4n) is 3.73. The maximum Gasteiger partial charge on any atom is 0.321 e. The zero-order valence-electron chi connectivity index (χ0n) is 16.3. The number of hydrogen-bond acceptors (Lipinski definition) is 3. The Kier molecular flexibility index (Phi) is 5.31. The van der Waals surface area contributed by atoms with Crippen molar-refractivity contribution in [3.05, 3.63) is 48.0 Å². The first kappa shape index (κ1) is 18.9. The monoisotopic (exact) mass is 395 g/mol. The van der Waals surface area contributed by atoms with E-state index in [1.807, 2.05) is 54.3 Å². The summed E-state index contributed by atoms with van der Waals surface area (Å²) in [7, 11) is 0. The van der Waals surface area contributed by atoms with E-state index in [0.29, 0.717) is 12.5 Å². The minimum absolute atomic E-state index is 0.00200. The number of urea groups is 1. The number of benzene rings is 2. The number of carbonyl (C=O) groups is 2. The lowest BCUT2D eigenvalue weighted by atomic mass is 10.00. The van der Waals surface area contributed by atoms with E-state index in [2.05, 4.69) is 12.2 Å². The van der Waals surface area contributed by atoms with Gasteiger partial charge in [0.05, 0.1) is 11.3 Å². The number of amides is 3. The van der Waals surface area contributed by atoms with Gasteiger partial charge in [0, 0.05) is 35.1 Å². The minimum atomic E-state index is -0.0641. The van der Waals surface area contributed by atoms with Crippen LogP contribution in [0.15, 0.2) is 52.3 Å². The summed E-state index contributed by atoms with van der Waals surface area (Å²) < 4.78 is 0. The van der Waals surface area contributed by atoms with Crippen LogP contribution in [-0.2, 0) is 0 Å². The van der Waals surface area contributed by atoms with Gasteiger partial charge in [-0.15, -0.1) is 0 Å². The van der Waals surface area contributed by atoms with E-state index in [4.69, 9.17) is 0 Å². The highest BCUT2D eigenvalue weighted by Crippen LogP contribution is 2.42. The van der Waals surface area contributed by atoms with Crippen LogP contribution in [0.2, 0.25) is 0 Å². The topological polar surface area (TPSA) is 52.7 Å². The number of likely N-dealkylation sites (tertiary alicyclic amines) is 1. The van der Waals surface area contributed by atoms with Crippen molar-refractivity contribution in [2.45, 2.75) is 36.5 Å². The Morgan fingerprint density at radius 3 is 2.64 bits per heavy atom. The molecule has 2 aromatic rings. The molecule has 2 aliphatic rings. The van der Waals surface area contributed by atoms with Gasteiger partial charge in [-0.1, -0.05) is 30.8 Å². The molecule has 28 heavy (non-hydrogen) atoms. The Morgan fingerprint density at radius 1 is 1.14 bits per heavy atom.